The fraction of sp³-hybridized carbons (Fsp3) is 0.0909. The van der Waals surface area contributed by atoms with Crippen LogP contribution in [0.2, 0.25) is 0 Å². The van der Waals surface area contributed by atoms with Crippen LogP contribution in [0.1, 0.15) is 43.0 Å². The van der Waals surface area contributed by atoms with Crippen LogP contribution in [0.25, 0.3) is 0 Å². The number of benzene rings is 3. The van der Waals surface area contributed by atoms with Crippen LogP contribution in [0, 0.1) is 0 Å². The first-order valence-electron chi connectivity index (χ1n) is 8.11. The number of ether oxygens (including phenoxy) is 1. The van der Waals surface area contributed by atoms with Crippen molar-refractivity contribution < 1.29 is 14.3 Å². The lowest BCUT2D eigenvalue weighted by Gasteiger charge is -2.18. The summed E-state index contributed by atoms with van der Waals surface area (Å²) in [6.45, 7) is 0. The van der Waals surface area contributed by atoms with Crippen LogP contribution in [0.5, 0.6) is 5.75 Å². The molecule has 0 aliphatic heterocycles. The van der Waals surface area contributed by atoms with E-state index in [-0.39, 0.29) is 11.6 Å². The van der Waals surface area contributed by atoms with Crippen molar-refractivity contribution in [1.82, 2.24) is 0 Å². The molecule has 0 saturated carbocycles. The van der Waals surface area contributed by atoms with Gasteiger partial charge < -0.3 is 4.74 Å². The average Bonchev–Trinajstić information content (AvgIpc) is 2.67. The molecule has 0 fully saturated rings. The van der Waals surface area contributed by atoms with Gasteiger partial charge in [0.15, 0.2) is 11.6 Å². The average molecular weight is 328 g/mol. The van der Waals surface area contributed by atoms with Gasteiger partial charge >= 0.3 is 0 Å². The third-order valence-corrected chi connectivity index (χ3v) is 4.56. The standard InChI is InChI=1S/C22H16O3/c1-25-16-9-6-14(7-10-16)12-15-8-11-19-20(13-15)22(24)18-5-3-2-4-17(18)21(19)23/h2-11,13H,12H2,1H3. The van der Waals surface area contributed by atoms with Gasteiger partial charge in [-0.25, -0.2) is 0 Å². The van der Waals surface area contributed by atoms with Gasteiger partial charge in [0.25, 0.3) is 0 Å². The Labute approximate surface area is 145 Å². The molecule has 25 heavy (non-hydrogen) atoms. The monoisotopic (exact) mass is 328 g/mol. The first kappa shape index (κ1) is 15.3. The van der Waals surface area contributed by atoms with E-state index in [1.54, 1.807) is 37.4 Å². The van der Waals surface area contributed by atoms with Crippen molar-refractivity contribution in [3.63, 3.8) is 0 Å². The van der Waals surface area contributed by atoms with Crippen LogP contribution >= 0.6 is 0 Å². The van der Waals surface area contributed by atoms with Gasteiger partial charge in [-0.1, -0.05) is 48.5 Å². The zero-order chi connectivity index (χ0) is 17.4. The fourth-order valence-electron chi connectivity index (χ4n) is 3.24. The van der Waals surface area contributed by atoms with E-state index < -0.39 is 0 Å². The quantitative estimate of drug-likeness (QED) is 0.569. The first-order chi connectivity index (χ1) is 12.2. The molecule has 3 aromatic rings. The highest BCUT2D eigenvalue weighted by molar-refractivity contribution is 6.28. The van der Waals surface area contributed by atoms with Crippen molar-refractivity contribution in [3.05, 3.63) is 100 Å². The molecular formula is C22H16O3. The van der Waals surface area contributed by atoms with Crippen molar-refractivity contribution in [3.8, 4) is 5.75 Å². The summed E-state index contributed by atoms with van der Waals surface area (Å²) < 4.78 is 5.17. The summed E-state index contributed by atoms with van der Waals surface area (Å²) in [7, 11) is 1.64. The predicted octanol–water partition coefficient (Wildman–Crippen LogP) is 4.06. The minimum atomic E-state index is -0.0822. The molecule has 122 valence electrons. The third kappa shape index (κ3) is 2.64. The van der Waals surface area contributed by atoms with Crippen LogP contribution in [-0.4, -0.2) is 18.7 Å². The Morgan fingerprint density at radius 1 is 0.680 bits per heavy atom. The molecule has 1 aliphatic rings. The predicted molar refractivity (Wildman–Crippen MR) is 95.5 cm³/mol. The number of carbonyl (C=O) groups is 2. The van der Waals surface area contributed by atoms with Crippen molar-refractivity contribution in [2.75, 3.05) is 7.11 Å². The van der Waals surface area contributed by atoms with E-state index in [0.29, 0.717) is 28.7 Å². The minimum absolute atomic E-state index is 0.0817. The summed E-state index contributed by atoms with van der Waals surface area (Å²) in [6, 6.07) is 20.4. The highest BCUT2D eigenvalue weighted by Crippen LogP contribution is 2.28. The Bertz CT molecular complexity index is 984. The van der Waals surface area contributed by atoms with E-state index in [0.717, 1.165) is 16.9 Å². The first-order valence-corrected chi connectivity index (χ1v) is 8.11. The number of fused-ring (bicyclic) bond motifs is 2. The maximum absolute atomic E-state index is 12.8. The maximum Gasteiger partial charge on any atom is 0.194 e. The van der Waals surface area contributed by atoms with Crippen LogP contribution in [-0.2, 0) is 6.42 Å². The van der Waals surface area contributed by atoms with Gasteiger partial charge in [0.1, 0.15) is 5.75 Å². The second-order valence-corrected chi connectivity index (χ2v) is 6.11. The molecular weight excluding hydrogens is 312 g/mol. The molecule has 0 N–H and O–H groups in total. The van der Waals surface area contributed by atoms with Crippen molar-refractivity contribution in [2.45, 2.75) is 6.42 Å². The molecule has 0 atom stereocenters. The van der Waals surface area contributed by atoms with E-state index in [2.05, 4.69) is 0 Å². The van der Waals surface area contributed by atoms with E-state index in [9.17, 15) is 9.59 Å². The summed E-state index contributed by atoms with van der Waals surface area (Å²) in [5.74, 6) is 0.648. The number of hydrogen-bond donors (Lipinski definition) is 0. The minimum Gasteiger partial charge on any atom is -0.497 e. The number of methoxy groups -OCH3 is 1. The van der Waals surface area contributed by atoms with Gasteiger partial charge in [-0.3, -0.25) is 9.59 Å². The van der Waals surface area contributed by atoms with Crippen molar-refractivity contribution in [1.29, 1.82) is 0 Å². The number of ketones is 2. The zero-order valence-electron chi connectivity index (χ0n) is 13.8. The van der Waals surface area contributed by atoms with Crippen LogP contribution in [0.3, 0.4) is 0 Å². The van der Waals surface area contributed by atoms with E-state index >= 15 is 0 Å². The lowest BCUT2D eigenvalue weighted by atomic mass is 9.83. The highest BCUT2D eigenvalue weighted by atomic mass is 16.5. The molecule has 4 rings (SSSR count). The fourth-order valence-corrected chi connectivity index (χ4v) is 3.24. The van der Waals surface area contributed by atoms with E-state index in [4.69, 9.17) is 4.74 Å². The molecule has 3 heteroatoms. The topological polar surface area (TPSA) is 43.4 Å². The van der Waals surface area contributed by atoms with Crippen LogP contribution in [0.15, 0.2) is 66.7 Å². The van der Waals surface area contributed by atoms with Gasteiger partial charge in [0.2, 0.25) is 0 Å². The summed E-state index contributed by atoms with van der Waals surface area (Å²) >= 11 is 0. The normalized spacial score (nSPS) is 12.5. The van der Waals surface area contributed by atoms with Crippen LogP contribution in [0.4, 0.5) is 0 Å². The summed E-state index contributed by atoms with van der Waals surface area (Å²) in [6.07, 6.45) is 0.695. The molecule has 0 amide bonds. The SMILES string of the molecule is COc1ccc(Cc2ccc3c(c2)C(=O)c2ccccc2C3=O)cc1. The molecule has 3 aromatic carbocycles. The summed E-state index contributed by atoms with van der Waals surface area (Å²) in [5, 5.41) is 0. The lowest BCUT2D eigenvalue weighted by molar-refractivity contribution is 0.0979. The molecule has 0 saturated heterocycles. The van der Waals surface area contributed by atoms with Gasteiger partial charge in [-0.15, -0.1) is 0 Å². The molecule has 0 unspecified atom stereocenters. The molecule has 0 aromatic heterocycles. The Hall–Kier alpha value is -3.20. The Morgan fingerprint density at radius 2 is 1.24 bits per heavy atom. The van der Waals surface area contributed by atoms with Gasteiger partial charge in [-0.2, -0.15) is 0 Å². The summed E-state index contributed by atoms with van der Waals surface area (Å²) in [5.41, 5.74) is 4.08. The highest BCUT2D eigenvalue weighted by Gasteiger charge is 2.29. The van der Waals surface area contributed by atoms with E-state index in [1.807, 2.05) is 36.4 Å². The smallest absolute Gasteiger partial charge is 0.194 e. The molecule has 1 aliphatic carbocycles. The Balaban J connectivity index is 1.70. The third-order valence-electron chi connectivity index (χ3n) is 4.56. The second-order valence-electron chi connectivity index (χ2n) is 6.11. The second kappa shape index (κ2) is 6.02. The van der Waals surface area contributed by atoms with Gasteiger partial charge in [0.05, 0.1) is 7.11 Å². The van der Waals surface area contributed by atoms with Gasteiger partial charge in [0, 0.05) is 22.3 Å². The van der Waals surface area contributed by atoms with E-state index in [1.165, 1.54) is 0 Å². The Morgan fingerprint density at radius 3 is 1.88 bits per heavy atom. The molecule has 0 radical (unpaired) electrons. The molecule has 3 nitrogen and oxygen atoms in total. The lowest BCUT2D eigenvalue weighted by Crippen LogP contribution is -2.21. The number of hydrogen-bond acceptors (Lipinski definition) is 3. The molecule has 0 bridgehead atoms. The largest absolute Gasteiger partial charge is 0.497 e. The van der Waals surface area contributed by atoms with Gasteiger partial charge in [-0.05, 0) is 35.7 Å². The molecule has 0 spiro atoms. The maximum atomic E-state index is 12.8. The molecule has 0 heterocycles. The van der Waals surface area contributed by atoms with Crippen molar-refractivity contribution >= 4 is 11.6 Å². The number of rotatable bonds is 3. The number of carbonyl (C=O) groups excluding carboxylic acids is 2. The summed E-state index contributed by atoms with van der Waals surface area (Å²) in [4.78, 5) is 25.4. The van der Waals surface area contributed by atoms with Crippen molar-refractivity contribution in [2.24, 2.45) is 0 Å². The van der Waals surface area contributed by atoms with Crippen LogP contribution < -0.4 is 4.74 Å². The zero-order valence-corrected chi connectivity index (χ0v) is 13.8. The Kier molecular flexibility index (Phi) is 3.69.